The van der Waals surface area contributed by atoms with E-state index in [4.69, 9.17) is 14.6 Å². The Morgan fingerprint density at radius 2 is 2.15 bits per heavy atom. The van der Waals surface area contributed by atoms with E-state index in [2.05, 4.69) is 10.6 Å². The molecule has 7 nitrogen and oxygen atoms in total. The molecule has 3 unspecified atom stereocenters. The summed E-state index contributed by atoms with van der Waals surface area (Å²) in [4.78, 5) is 22.3. The average Bonchev–Trinajstić information content (AvgIpc) is 2.34. The Kier molecular flexibility index (Phi) is 5.76. The molecule has 1 aliphatic heterocycles. The number of carbonyl (C=O) groups excluding carboxylic acids is 1. The molecule has 0 radical (unpaired) electrons. The van der Waals surface area contributed by atoms with E-state index in [0.717, 1.165) is 0 Å². The van der Waals surface area contributed by atoms with Gasteiger partial charge in [0, 0.05) is 19.1 Å². The van der Waals surface area contributed by atoms with Gasteiger partial charge in [-0.15, -0.1) is 0 Å². The van der Waals surface area contributed by atoms with E-state index >= 15 is 0 Å². The number of nitrogens with one attached hydrogen (secondary N) is 2. The number of alkyl carbamates (subject to hydrolysis) is 1. The molecule has 116 valence electrons. The molecule has 0 aromatic heterocycles. The molecular weight excluding hydrogens is 264 g/mol. The second-order valence-corrected chi connectivity index (χ2v) is 5.99. The molecule has 0 saturated carbocycles. The van der Waals surface area contributed by atoms with E-state index in [1.165, 1.54) is 0 Å². The van der Waals surface area contributed by atoms with Crippen LogP contribution in [0.25, 0.3) is 0 Å². The van der Waals surface area contributed by atoms with E-state index in [0.29, 0.717) is 19.7 Å². The number of hydrogen-bond acceptors (Lipinski definition) is 5. The first-order chi connectivity index (χ1) is 9.19. The molecule has 0 aromatic carbocycles. The van der Waals surface area contributed by atoms with Gasteiger partial charge in [0.05, 0.1) is 18.6 Å². The molecule has 1 saturated heterocycles. The molecule has 0 bridgehead atoms. The summed E-state index contributed by atoms with van der Waals surface area (Å²) >= 11 is 0. The van der Waals surface area contributed by atoms with Crippen LogP contribution in [0.3, 0.4) is 0 Å². The first-order valence-electron chi connectivity index (χ1n) is 6.73. The van der Waals surface area contributed by atoms with E-state index in [1.807, 2.05) is 0 Å². The molecule has 1 heterocycles. The van der Waals surface area contributed by atoms with Gasteiger partial charge >= 0.3 is 12.1 Å². The third-order valence-corrected chi connectivity index (χ3v) is 2.96. The SMILES string of the molecule is CC(C(=O)O)C1CNC(CNC(=O)OC(C)(C)C)CO1. The van der Waals surface area contributed by atoms with Crippen molar-refractivity contribution in [3.63, 3.8) is 0 Å². The minimum absolute atomic E-state index is 0.0419. The summed E-state index contributed by atoms with van der Waals surface area (Å²) in [5.74, 6) is -1.43. The van der Waals surface area contributed by atoms with Crippen molar-refractivity contribution in [3.8, 4) is 0 Å². The predicted octanol–water partition coefficient (Wildman–Crippen LogP) is 0.589. The van der Waals surface area contributed by atoms with Crippen molar-refractivity contribution in [1.29, 1.82) is 0 Å². The van der Waals surface area contributed by atoms with Gasteiger partial charge in [-0.05, 0) is 27.7 Å². The summed E-state index contributed by atoms with van der Waals surface area (Å²) in [6, 6.07) is -0.0419. The average molecular weight is 288 g/mol. The Labute approximate surface area is 119 Å². The van der Waals surface area contributed by atoms with Crippen LogP contribution in [-0.2, 0) is 14.3 Å². The van der Waals surface area contributed by atoms with Crippen molar-refractivity contribution >= 4 is 12.1 Å². The quantitative estimate of drug-likeness (QED) is 0.700. The molecule has 1 aliphatic rings. The number of carboxylic acids is 1. The Morgan fingerprint density at radius 3 is 2.60 bits per heavy atom. The highest BCUT2D eigenvalue weighted by atomic mass is 16.6. The molecule has 1 rings (SSSR count). The molecule has 0 aliphatic carbocycles. The van der Waals surface area contributed by atoms with E-state index in [-0.39, 0.29) is 12.1 Å². The van der Waals surface area contributed by atoms with Gasteiger partial charge in [-0.2, -0.15) is 0 Å². The van der Waals surface area contributed by atoms with E-state index < -0.39 is 23.6 Å². The molecule has 7 heteroatoms. The van der Waals surface area contributed by atoms with Crippen LogP contribution in [0.4, 0.5) is 4.79 Å². The largest absolute Gasteiger partial charge is 0.481 e. The minimum Gasteiger partial charge on any atom is -0.481 e. The fraction of sp³-hybridized carbons (Fsp3) is 0.846. The van der Waals surface area contributed by atoms with Gasteiger partial charge in [0.15, 0.2) is 0 Å². The standard InChI is InChI=1S/C13H24N2O5/c1-8(11(16)17)10-6-14-9(7-19-10)5-15-12(18)20-13(2,3)4/h8-10,14H,5-7H2,1-4H3,(H,15,18)(H,16,17). The van der Waals surface area contributed by atoms with Crippen molar-refractivity contribution in [2.24, 2.45) is 5.92 Å². The number of carbonyl (C=O) groups is 2. The number of morpholine rings is 1. The lowest BCUT2D eigenvalue weighted by Gasteiger charge is -2.32. The van der Waals surface area contributed by atoms with Crippen molar-refractivity contribution in [3.05, 3.63) is 0 Å². The number of hydrogen-bond donors (Lipinski definition) is 3. The Balaban J connectivity index is 2.26. The van der Waals surface area contributed by atoms with Crippen LogP contribution in [0.1, 0.15) is 27.7 Å². The first kappa shape index (κ1) is 16.7. The fourth-order valence-electron chi connectivity index (χ4n) is 1.77. The minimum atomic E-state index is -0.873. The van der Waals surface area contributed by atoms with E-state index in [9.17, 15) is 9.59 Å². The number of amides is 1. The van der Waals surface area contributed by atoms with Crippen LogP contribution < -0.4 is 10.6 Å². The predicted molar refractivity (Wildman–Crippen MR) is 72.6 cm³/mol. The maximum Gasteiger partial charge on any atom is 0.407 e. The first-order valence-corrected chi connectivity index (χ1v) is 6.73. The Morgan fingerprint density at radius 1 is 1.50 bits per heavy atom. The molecule has 20 heavy (non-hydrogen) atoms. The van der Waals surface area contributed by atoms with Crippen molar-refractivity contribution in [1.82, 2.24) is 10.6 Å². The summed E-state index contributed by atoms with van der Waals surface area (Å²) in [5.41, 5.74) is -0.525. The van der Waals surface area contributed by atoms with Gasteiger partial charge in [-0.3, -0.25) is 4.79 Å². The summed E-state index contributed by atoms with van der Waals surface area (Å²) in [6.07, 6.45) is -0.814. The number of aliphatic carboxylic acids is 1. The van der Waals surface area contributed by atoms with Crippen molar-refractivity contribution in [2.75, 3.05) is 19.7 Å². The van der Waals surface area contributed by atoms with Gasteiger partial charge < -0.3 is 25.2 Å². The van der Waals surface area contributed by atoms with Crippen LogP contribution in [0.15, 0.2) is 0 Å². The summed E-state index contributed by atoms with van der Waals surface area (Å²) in [5, 5.41) is 14.7. The number of carboxylic acid groups (broad SMARTS) is 1. The summed E-state index contributed by atoms with van der Waals surface area (Å²) < 4.78 is 10.6. The van der Waals surface area contributed by atoms with Gasteiger partial charge in [-0.1, -0.05) is 0 Å². The van der Waals surface area contributed by atoms with Crippen molar-refractivity contribution < 1.29 is 24.2 Å². The lowest BCUT2D eigenvalue weighted by Crippen LogP contribution is -2.54. The second kappa shape index (κ2) is 6.90. The van der Waals surface area contributed by atoms with Gasteiger partial charge in [-0.25, -0.2) is 4.79 Å². The van der Waals surface area contributed by atoms with Gasteiger partial charge in [0.1, 0.15) is 5.60 Å². The molecule has 0 aromatic rings. The summed E-state index contributed by atoms with van der Waals surface area (Å²) in [6.45, 7) is 8.20. The number of rotatable bonds is 4. The zero-order valence-corrected chi connectivity index (χ0v) is 12.4. The Hall–Kier alpha value is -1.34. The molecule has 3 N–H and O–H groups in total. The van der Waals surface area contributed by atoms with Crippen LogP contribution in [0, 0.1) is 5.92 Å². The lowest BCUT2D eigenvalue weighted by atomic mass is 10.0. The van der Waals surface area contributed by atoms with Gasteiger partial charge in [0.25, 0.3) is 0 Å². The third kappa shape index (κ3) is 5.75. The van der Waals surface area contributed by atoms with Crippen molar-refractivity contribution in [2.45, 2.75) is 45.4 Å². The van der Waals surface area contributed by atoms with Crippen LogP contribution in [-0.4, -0.2) is 54.6 Å². The highest BCUT2D eigenvalue weighted by molar-refractivity contribution is 5.70. The maximum atomic E-state index is 11.5. The fourth-order valence-corrected chi connectivity index (χ4v) is 1.77. The normalized spacial score (nSPS) is 24.8. The second-order valence-electron chi connectivity index (χ2n) is 5.99. The molecule has 3 atom stereocenters. The number of ether oxygens (including phenoxy) is 2. The van der Waals surface area contributed by atoms with Gasteiger partial charge in [0.2, 0.25) is 0 Å². The van der Waals surface area contributed by atoms with Crippen LogP contribution in [0.5, 0.6) is 0 Å². The third-order valence-electron chi connectivity index (χ3n) is 2.96. The highest BCUT2D eigenvalue weighted by Gasteiger charge is 2.29. The monoisotopic (exact) mass is 288 g/mol. The molecule has 0 spiro atoms. The zero-order chi connectivity index (χ0) is 15.3. The smallest absolute Gasteiger partial charge is 0.407 e. The highest BCUT2D eigenvalue weighted by Crippen LogP contribution is 2.12. The molecule has 1 fully saturated rings. The summed E-state index contributed by atoms with van der Waals surface area (Å²) in [7, 11) is 0. The van der Waals surface area contributed by atoms with Crippen LogP contribution >= 0.6 is 0 Å². The Bertz CT molecular complexity index is 345. The molecule has 1 amide bonds. The molecular formula is C13H24N2O5. The van der Waals surface area contributed by atoms with E-state index in [1.54, 1.807) is 27.7 Å². The zero-order valence-electron chi connectivity index (χ0n) is 12.4. The lowest BCUT2D eigenvalue weighted by molar-refractivity contribution is -0.148. The van der Waals surface area contributed by atoms with Crippen LogP contribution in [0.2, 0.25) is 0 Å². The topological polar surface area (TPSA) is 96.9 Å². The maximum absolute atomic E-state index is 11.5.